The Hall–Kier alpha value is -2.49. The number of amides is 1. The first-order valence-corrected chi connectivity index (χ1v) is 7.62. The predicted octanol–water partition coefficient (Wildman–Crippen LogP) is 3.11. The molecule has 0 atom stereocenters. The maximum Gasteiger partial charge on any atom is 0.289 e. The number of aromatic nitrogens is 1. The van der Waals surface area contributed by atoms with E-state index in [0.29, 0.717) is 5.69 Å². The molecular formula is C18H19N3O. The maximum absolute atomic E-state index is 11.9. The van der Waals surface area contributed by atoms with Crippen LogP contribution in [0.1, 0.15) is 46.9 Å². The Bertz CT molecular complexity index is 708. The van der Waals surface area contributed by atoms with Crippen molar-refractivity contribution in [1.29, 1.82) is 0 Å². The third-order valence-electron chi connectivity index (χ3n) is 3.99. The highest BCUT2D eigenvalue weighted by Crippen LogP contribution is 2.22. The Labute approximate surface area is 130 Å². The van der Waals surface area contributed by atoms with Crippen molar-refractivity contribution in [3.63, 3.8) is 0 Å². The molecule has 4 heteroatoms. The third kappa shape index (κ3) is 3.22. The molecule has 0 bridgehead atoms. The molecule has 3 rings (SSSR count). The number of rotatable bonds is 3. The normalized spacial score (nSPS) is 14.3. The van der Waals surface area contributed by atoms with E-state index in [9.17, 15) is 4.79 Å². The topological polar surface area (TPSA) is 54.4 Å². The maximum atomic E-state index is 11.9. The van der Waals surface area contributed by atoms with Gasteiger partial charge in [-0.15, -0.1) is 0 Å². The van der Waals surface area contributed by atoms with Crippen molar-refractivity contribution >= 4 is 11.6 Å². The van der Waals surface area contributed by atoms with Crippen molar-refractivity contribution in [3.8, 4) is 0 Å². The van der Waals surface area contributed by atoms with Crippen LogP contribution in [-0.2, 0) is 12.8 Å². The van der Waals surface area contributed by atoms with Gasteiger partial charge in [0.25, 0.3) is 5.91 Å². The number of hydrazone groups is 1. The summed E-state index contributed by atoms with van der Waals surface area (Å²) in [5.41, 5.74) is 7.65. The van der Waals surface area contributed by atoms with Gasteiger partial charge in [-0.3, -0.25) is 9.78 Å². The summed E-state index contributed by atoms with van der Waals surface area (Å²) in [6.07, 6.45) is 6.43. The predicted molar refractivity (Wildman–Crippen MR) is 87.0 cm³/mol. The molecule has 0 aliphatic heterocycles. The number of fused-ring (bicyclic) bond motifs is 1. The SMILES string of the molecule is CC(=NNC(=O)c1ccccn1)c1ccc2c(c1)CCCC2. The molecule has 0 saturated carbocycles. The molecule has 22 heavy (non-hydrogen) atoms. The van der Waals surface area contributed by atoms with Crippen molar-refractivity contribution in [2.75, 3.05) is 0 Å². The summed E-state index contributed by atoms with van der Waals surface area (Å²) in [6, 6.07) is 11.7. The summed E-state index contributed by atoms with van der Waals surface area (Å²) in [6.45, 7) is 1.91. The van der Waals surface area contributed by atoms with E-state index >= 15 is 0 Å². The molecule has 1 aliphatic carbocycles. The van der Waals surface area contributed by atoms with E-state index in [2.05, 4.69) is 33.7 Å². The number of benzene rings is 1. The fourth-order valence-electron chi connectivity index (χ4n) is 2.71. The summed E-state index contributed by atoms with van der Waals surface area (Å²) in [5, 5.41) is 4.20. The minimum absolute atomic E-state index is 0.294. The largest absolute Gasteiger partial charge is 0.289 e. The fraction of sp³-hybridized carbons (Fsp3) is 0.278. The van der Waals surface area contributed by atoms with Gasteiger partial charge in [0.05, 0.1) is 5.71 Å². The molecule has 1 aliphatic rings. The number of pyridine rings is 1. The van der Waals surface area contributed by atoms with Crippen molar-refractivity contribution in [2.45, 2.75) is 32.6 Å². The number of hydrogen-bond donors (Lipinski definition) is 1. The number of carbonyl (C=O) groups excluding carboxylic acids is 1. The van der Waals surface area contributed by atoms with Gasteiger partial charge in [0.2, 0.25) is 0 Å². The van der Waals surface area contributed by atoms with E-state index in [1.807, 2.05) is 6.92 Å². The van der Waals surface area contributed by atoms with Gasteiger partial charge < -0.3 is 0 Å². The summed E-state index contributed by atoms with van der Waals surface area (Å²) >= 11 is 0. The van der Waals surface area contributed by atoms with E-state index in [1.54, 1.807) is 24.4 Å². The van der Waals surface area contributed by atoms with Crippen LogP contribution < -0.4 is 5.43 Å². The quantitative estimate of drug-likeness (QED) is 0.698. The van der Waals surface area contributed by atoms with Crippen LogP contribution in [0.5, 0.6) is 0 Å². The average molecular weight is 293 g/mol. The van der Waals surface area contributed by atoms with Crippen LogP contribution >= 0.6 is 0 Å². The van der Waals surface area contributed by atoms with Gasteiger partial charge in [-0.2, -0.15) is 5.10 Å². The fourth-order valence-corrected chi connectivity index (χ4v) is 2.71. The average Bonchev–Trinajstić information content (AvgIpc) is 2.59. The van der Waals surface area contributed by atoms with Gasteiger partial charge in [-0.05, 0) is 67.5 Å². The molecule has 1 N–H and O–H groups in total. The summed E-state index contributed by atoms with van der Waals surface area (Å²) in [4.78, 5) is 15.9. The molecule has 1 aromatic carbocycles. The van der Waals surface area contributed by atoms with Crippen LogP contribution in [0, 0.1) is 0 Å². The van der Waals surface area contributed by atoms with E-state index in [-0.39, 0.29) is 5.91 Å². The number of carbonyl (C=O) groups is 1. The smallest absolute Gasteiger partial charge is 0.266 e. The van der Waals surface area contributed by atoms with Gasteiger partial charge in [0.1, 0.15) is 5.69 Å². The van der Waals surface area contributed by atoms with Crippen molar-refractivity contribution in [1.82, 2.24) is 10.4 Å². The van der Waals surface area contributed by atoms with Gasteiger partial charge in [-0.25, -0.2) is 5.43 Å². The van der Waals surface area contributed by atoms with Gasteiger partial charge in [-0.1, -0.05) is 18.2 Å². The van der Waals surface area contributed by atoms with Crippen LogP contribution in [0.2, 0.25) is 0 Å². The van der Waals surface area contributed by atoms with Gasteiger partial charge in [0, 0.05) is 6.20 Å². The van der Waals surface area contributed by atoms with Crippen molar-refractivity contribution in [2.24, 2.45) is 5.10 Å². The highest BCUT2D eigenvalue weighted by molar-refractivity contribution is 6.00. The number of nitrogens with one attached hydrogen (secondary N) is 1. The zero-order chi connectivity index (χ0) is 15.4. The molecule has 4 nitrogen and oxygen atoms in total. The second-order valence-electron chi connectivity index (χ2n) is 5.54. The number of nitrogens with zero attached hydrogens (tertiary/aromatic N) is 2. The van der Waals surface area contributed by atoms with Crippen LogP contribution in [0.15, 0.2) is 47.7 Å². The van der Waals surface area contributed by atoms with Gasteiger partial charge >= 0.3 is 0 Å². The molecule has 0 unspecified atom stereocenters. The van der Waals surface area contributed by atoms with Crippen LogP contribution in [0.3, 0.4) is 0 Å². The Morgan fingerprint density at radius 3 is 2.73 bits per heavy atom. The Morgan fingerprint density at radius 1 is 1.14 bits per heavy atom. The molecule has 0 fully saturated rings. The lowest BCUT2D eigenvalue weighted by Gasteiger charge is -2.16. The number of hydrogen-bond acceptors (Lipinski definition) is 3. The van der Waals surface area contributed by atoms with E-state index in [4.69, 9.17) is 0 Å². The summed E-state index contributed by atoms with van der Waals surface area (Å²) in [5.74, 6) is -0.294. The lowest BCUT2D eigenvalue weighted by molar-refractivity contribution is 0.0950. The minimum Gasteiger partial charge on any atom is -0.266 e. The van der Waals surface area contributed by atoms with Gasteiger partial charge in [0.15, 0.2) is 0 Å². The second kappa shape index (κ2) is 6.52. The molecule has 1 heterocycles. The lowest BCUT2D eigenvalue weighted by atomic mass is 9.90. The molecule has 0 saturated heterocycles. The summed E-state index contributed by atoms with van der Waals surface area (Å²) < 4.78 is 0. The summed E-state index contributed by atoms with van der Waals surface area (Å²) in [7, 11) is 0. The van der Waals surface area contributed by atoms with Crippen molar-refractivity contribution < 1.29 is 4.79 Å². The van der Waals surface area contributed by atoms with Crippen LogP contribution in [0.25, 0.3) is 0 Å². The molecule has 1 aromatic heterocycles. The first-order valence-electron chi connectivity index (χ1n) is 7.62. The Kier molecular flexibility index (Phi) is 4.28. The van der Waals surface area contributed by atoms with E-state index in [1.165, 1.54) is 30.4 Å². The Balaban J connectivity index is 1.73. The minimum atomic E-state index is -0.294. The van der Waals surface area contributed by atoms with Crippen LogP contribution in [0.4, 0.5) is 0 Å². The van der Waals surface area contributed by atoms with Crippen LogP contribution in [-0.4, -0.2) is 16.6 Å². The van der Waals surface area contributed by atoms with E-state index in [0.717, 1.165) is 17.7 Å². The molecule has 2 aromatic rings. The lowest BCUT2D eigenvalue weighted by Crippen LogP contribution is -2.20. The standard InChI is InChI=1S/C18H19N3O/c1-13(20-21-18(22)17-8-4-5-11-19-17)15-10-9-14-6-2-3-7-16(14)12-15/h4-5,8-12H,2-3,6-7H2,1H3,(H,21,22). The highest BCUT2D eigenvalue weighted by atomic mass is 16.2. The second-order valence-corrected chi connectivity index (χ2v) is 5.54. The molecular weight excluding hydrogens is 274 g/mol. The zero-order valence-electron chi connectivity index (χ0n) is 12.7. The van der Waals surface area contributed by atoms with Crippen molar-refractivity contribution in [3.05, 3.63) is 65.0 Å². The molecule has 112 valence electrons. The highest BCUT2D eigenvalue weighted by Gasteiger charge is 2.11. The first kappa shape index (κ1) is 14.4. The molecule has 0 spiro atoms. The number of aryl methyl sites for hydroxylation is 2. The monoisotopic (exact) mass is 293 g/mol. The van der Waals surface area contributed by atoms with E-state index < -0.39 is 0 Å². The molecule has 1 amide bonds. The third-order valence-corrected chi connectivity index (χ3v) is 3.99. The zero-order valence-corrected chi connectivity index (χ0v) is 12.7. The Morgan fingerprint density at radius 2 is 1.95 bits per heavy atom. The first-order chi connectivity index (χ1) is 10.7. The molecule has 0 radical (unpaired) electrons.